The minimum Gasteiger partial charge on any atom is -0.494 e. The summed E-state index contributed by atoms with van der Waals surface area (Å²) in [6, 6.07) is 21.5. The van der Waals surface area contributed by atoms with E-state index < -0.39 is 5.25 Å². The Bertz CT molecular complexity index is 1230. The molecule has 3 aromatic carbocycles. The van der Waals surface area contributed by atoms with Gasteiger partial charge in [0.05, 0.1) is 18.8 Å². The molecule has 1 aliphatic heterocycles. The number of nitrogens with zero attached hydrogens (tertiary/aromatic N) is 2. The van der Waals surface area contributed by atoms with Crippen molar-refractivity contribution in [2.75, 3.05) is 11.9 Å². The van der Waals surface area contributed by atoms with Crippen LogP contribution in [0.5, 0.6) is 5.75 Å². The van der Waals surface area contributed by atoms with Gasteiger partial charge < -0.3 is 10.1 Å². The monoisotopic (exact) mass is 527 g/mol. The Morgan fingerprint density at radius 1 is 1.09 bits per heavy atom. The minimum absolute atomic E-state index is 0.0505. The molecule has 0 spiro atoms. The highest BCUT2D eigenvalue weighted by atomic mass is 35.5. The van der Waals surface area contributed by atoms with E-state index in [4.69, 9.17) is 27.9 Å². The van der Waals surface area contributed by atoms with Crippen molar-refractivity contribution in [3.63, 3.8) is 0 Å². The summed E-state index contributed by atoms with van der Waals surface area (Å²) in [6.45, 7) is 2.74. The first-order chi connectivity index (χ1) is 16.9. The number of halogens is 2. The number of amides is 2. The molecule has 6 nitrogen and oxygen atoms in total. The second-order valence-electron chi connectivity index (χ2n) is 7.74. The predicted octanol–water partition coefficient (Wildman–Crippen LogP) is 6.55. The van der Waals surface area contributed by atoms with Crippen LogP contribution >= 0.6 is 35.0 Å². The molecule has 35 heavy (non-hydrogen) atoms. The number of hydrogen-bond acceptors (Lipinski definition) is 5. The van der Waals surface area contributed by atoms with Crippen LogP contribution in [0, 0.1) is 0 Å². The standard InChI is InChI=1S/C26H23Cl2N3O3S/c1-2-34-22-5-3-4-21(14-22)29-25(33)23-15-24(32)31(16-17-6-8-18(27)9-7-17)26(35-23)30-20-12-10-19(28)11-13-20/h3-14,23H,2,15-16H2,1H3,(H,29,33). The maximum Gasteiger partial charge on any atom is 0.238 e. The van der Waals surface area contributed by atoms with E-state index in [1.54, 1.807) is 59.5 Å². The first kappa shape index (κ1) is 25.1. The predicted molar refractivity (Wildman–Crippen MR) is 143 cm³/mol. The molecule has 1 fully saturated rings. The molecule has 180 valence electrons. The first-order valence-electron chi connectivity index (χ1n) is 11.0. The van der Waals surface area contributed by atoms with Crippen LogP contribution in [0.1, 0.15) is 18.9 Å². The molecule has 1 unspecified atom stereocenters. The lowest BCUT2D eigenvalue weighted by atomic mass is 10.2. The summed E-state index contributed by atoms with van der Waals surface area (Å²) in [5.74, 6) is 0.207. The second kappa shape index (κ2) is 11.6. The van der Waals surface area contributed by atoms with Crippen LogP contribution in [0.25, 0.3) is 0 Å². The highest BCUT2D eigenvalue weighted by Crippen LogP contribution is 2.32. The van der Waals surface area contributed by atoms with Gasteiger partial charge in [0.25, 0.3) is 0 Å². The van der Waals surface area contributed by atoms with E-state index >= 15 is 0 Å². The lowest BCUT2D eigenvalue weighted by Crippen LogP contribution is -2.44. The number of amidine groups is 1. The maximum atomic E-state index is 13.2. The summed E-state index contributed by atoms with van der Waals surface area (Å²) < 4.78 is 5.51. The van der Waals surface area contributed by atoms with Crippen molar-refractivity contribution >= 4 is 63.3 Å². The number of hydrogen-bond donors (Lipinski definition) is 1. The lowest BCUT2D eigenvalue weighted by Gasteiger charge is -2.32. The Balaban J connectivity index is 1.57. The number of anilines is 1. The van der Waals surface area contributed by atoms with Gasteiger partial charge in [-0.1, -0.05) is 53.2 Å². The number of ether oxygens (including phenoxy) is 1. The van der Waals surface area contributed by atoms with E-state index in [1.807, 2.05) is 25.1 Å². The van der Waals surface area contributed by atoms with Gasteiger partial charge in [-0.15, -0.1) is 0 Å². The van der Waals surface area contributed by atoms with Crippen molar-refractivity contribution in [1.29, 1.82) is 0 Å². The van der Waals surface area contributed by atoms with Crippen molar-refractivity contribution in [2.24, 2.45) is 4.99 Å². The molecule has 1 saturated heterocycles. The quantitative estimate of drug-likeness (QED) is 0.378. The average molecular weight is 528 g/mol. The smallest absolute Gasteiger partial charge is 0.238 e. The van der Waals surface area contributed by atoms with Crippen LogP contribution in [0.4, 0.5) is 11.4 Å². The molecule has 0 saturated carbocycles. The van der Waals surface area contributed by atoms with Gasteiger partial charge in [0.15, 0.2) is 5.17 Å². The van der Waals surface area contributed by atoms with Crippen molar-refractivity contribution in [1.82, 2.24) is 4.90 Å². The normalized spacial score (nSPS) is 16.9. The number of aliphatic imine (C=N–C) groups is 1. The van der Waals surface area contributed by atoms with Gasteiger partial charge >= 0.3 is 0 Å². The topological polar surface area (TPSA) is 71.0 Å². The zero-order valence-corrected chi connectivity index (χ0v) is 21.2. The number of thioether (sulfide) groups is 1. The second-order valence-corrected chi connectivity index (χ2v) is 9.78. The molecule has 2 amide bonds. The molecule has 0 aromatic heterocycles. The molecule has 0 bridgehead atoms. The van der Waals surface area contributed by atoms with Crippen LogP contribution in [0.2, 0.25) is 10.0 Å². The Labute approximate surface area is 218 Å². The highest BCUT2D eigenvalue weighted by molar-refractivity contribution is 8.15. The summed E-state index contributed by atoms with van der Waals surface area (Å²) in [4.78, 5) is 32.6. The summed E-state index contributed by atoms with van der Waals surface area (Å²) in [6.07, 6.45) is 0.0505. The molecule has 4 rings (SSSR count). The maximum absolute atomic E-state index is 13.2. The third kappa shape index (κ3) is 6.78. The fraction of sp³-hybridized carbons (Fsp3) is 0.192. The molecule has 0 radical (unpaired) electrons. The molecule has 1 N–H and O–H groups in total. The Morgan fingerprint density at radius 3 is 2.46 bits per heavy atom. The van der Waals surface area contributed by atoms with Crippen LogP contribution in [-0.4, -0.2) is 33.7 Å². The SMILES string of the molecule is CCOc1cccc(NC(=O)C2CC(=O)N(Cc3ccc(Cl)cc3)C(=Nc3ccc(Cl)cc3)S2)c1. The zero-order valence-electron chi connectivity index (χ0n) is 18.9. The molecular weight excluding hydrogens is 505 g/mol. The van der Waals surface area contributed by atoms with Gasteiger partial charge in [-0.05, 0) is 61.0 Å². The average Bonchev–Trinajstić information content (AvgIpc) is 2.84. The third-order valence-corrected chi connectivity index (χ3v) is 6.84. The van der Waals surface area contributed by atoms with Gasteiger partial charge in [-0.25, -0.2) is 4.99 Å². The summed E-state index contributed by atoms with van der Waals surface area (Å²) in [5, 5.41) is 3.92. The Hall–Kier alpha value is -3.00. The third-order valence-electron chi connectivity index (χ3n) is 5.15. The van der Waals surface area contributed by atoms with Crippen LogP contribution < -0.4 is 10.1 Å². The number of carbonyl (C=O) groups excluding carboxylic acids is 2. The number of rotatable bonds is 7. The Kier molecular flexibility index (Phi) is 8.33. The molecule has 1 atom stereocenters. The van der Waals surface area contributed by atoms with Crippen LogP contribution in [0.15, 0.2) is 77.8 Å². The van der Waals surface area contributed by atoms with Crippen molar-refractivity contribution in [3.05, 3.63) is 88.4 Å². The summed E-state index contributed by atoms with van der Waals surface area (Å²) in [5.41, 5.74) is 2.15. The van der Waals surface area contributed by atoms with Crippen LogP contribution in [0.3, 0.4) is 0 Å². The number of nitrogens with one attached hydrogen (secondary N) is 1. The van der Waals surface area contributed by atoms with Crippen molar-refractivity contribution in [2.45, 2.75) is 25.1 Å². The van der Waals surface area contributed by atoms with Gasteiger partial charge in [-0.2, -0.15) is 0 Å². The van der Waals surface area contributed by atoms with E-state index in [9.17, 15) is 9.59 Å². The van der Waals surface area contributed by atoms with Gasteiger partial charge in [-0.3, -0.25) is 14.5 Å². The molecule has 9 heteroatoms. The van der Waals surface area contributed by atoms with E-state index in [0.29, 0.717) is 45.5 Å². The zero-order chi connectivity index (χ0) is 24.8. The molecule has 1 heterocycles. The first-order valence-corrected chi connectivity index (χ1v) is 12.6. The molecule has 3 aromatic rings. The van der Waals surface area contributed by atoms with E-state index in [0.717, 1.165) is 5.56 Å². The van der Waals surface area contributed by atoms with Gasteiger partial charge in [0, 0.05) is 28.2 Å². The van der Waals surface area contributed by atoms with E-state index in [-0.39, 0.29) is 18.2 Å². The van der Waals surface area contributed by atoms with Gasteiger partial charge in [0.1, 0.15) is 11.0 Å². The number of benzene rings is 3. The van der Waals surface area contributed by atoms with Gasteiger partial charge in [0.2, 0.25) is 11.8 Å². The molecule has 0 aliphatic carbocycles. The van der Waals surface area contributed by atoms with Crippen molar-refractivity contribution in [3.8, 4) is 5.75 Å². The number of carbonyl (C=O) groups is 2. The highest BCUT2D eigenvalue weighted by Gasteiger charge is 2.36. The Morgan fingerprint density at radius 2 is 1.77 bits per heavy atom. The summed E-state index contributed by atoms with van der Waals surface area (Å²) in [7, 11) is 0. The van der Waals surface area contributed by atoms with E-state index in [1.165, 1.54) is 11.8 Å². The molecular formula is C26H23Cl2N3O3S. The summed E-state index contributed by atoms with van der Waals surface area (Å²) >= 11 is 13.3. The van der Waals surface area contributed by atoms with Crippen molar-refractivity contribution < 1.29 is 14.3 Å². The van der Waals surface area contributed by atoms with E-state index in [2.05, 4.69) is 10.3 Å². The fourth-order valence-electron chi connectivity index (χ4n) is 3.45. The molecule has 1 aliphatic rings. The van der Waals surface area contributed by atoms with Crippen LogP contribution in [-0.2, 0) is 16.1 Å². The fourth-order valence-corrected chi connectivity index (χ4v) is 4.80. The minimum atomic E-state index is -0.634. The largest absolute Gasteiger partial charge is 0.494 e. The lowest BCUT2D eigenvalue weighted by molar-refractivity contribution is -0.129.